The van der Waals surface area contributed by atoms with Gasteiger partial charge in [-0.15, -0.1) is 0 Å². The zero-order chi connectivity index (χ0) is 12.7. The SMILES string of the molecule is CCCNc1cncc(N(C)C(C)CCC)c1. The summed E-state index contributed by atoms with van der Waals surface area (Å²) in [6.07, 6.45) is 7.38. The fourth-order valence-electron chi connectivity index (χ4n) is 1.85. The van der Waals surface area contributed by atoms with Gasteiger partial charge in [-0.25, -0.2) is 0 Å². The van der Waals surface area contributed by atoms with Gasteiger partial charge >= 0.3 is 0 Å². The van der Waals surface area contributed by atoms with Crippen molar-refractivity contribution in [2.24, 2.45) is 0 Å². The molecule has 0 radical (unpaired) electrons. The fraction of sp³-hybridized carbons (Fsp3) is 0.643. The molecule has 0 fully saturated rings. The Morgan fingerprint density at radius 2 is 2.06 bits per heavy atom. The molecule has 0 aliphatic heterocycles. The van der Waals surface area contributed by atoms with E-state index in [2.05, 4.69) is 49.1 Å². The van der Waals surface area contributed by atoms with Gasteiger partial charge in [-0.3, -0.25) is 4.98 Å². The predicted molar refractivity (Wildman–Crippen MR) is 75.8 cm³/mol. The van der Waals surface area contributed by atoms with Gasteiger partial charge in [-0.2, -0.15) is 0 Å². The molecule has 0 aliphatic rings. The van der Waals surface area contributed by atoms with E-state index in [4.69, 9.17) is 0 Å². The highest BCUT2D eigenvalue weighted by Crippen LogP contribution is 2.20. The Morgan fingerprint density at radius 3 is 2.71 bits per heavy atom. The Bertz CT molecular complexity index is 325. The molecular formula is C14H25N3. The summed E-state index contributed by atoms with van der Waals surface area (Å²) in [6.45, 7) is 7.65. The van der Waals surface area contributed by atoms with Crippen molar-refractivity contribution in [3.05, 3.63) is 18.5 Å². The standard InChI is InChI=1S/C14H25N3/c1-5-7-12(3)17(4)14-9-13(10-15-11-14)16-8-6-2/h9-12,16H,5-8H2,1-4H3. The Labute approximate surface area is 105 Å². The summed E-state index contributed by atoms with van der Waals surface area (Å²) in [4.78, 5) is 6.60. The van der Waals surface area contributed by atoms with Crippen LogP contribution in [0.5, 0.6) is 0 Å². The zero-order valence-corrected chi connectivity index (χ0v) is 11.5. The highest BCUT2D eigenvalue weighted by molar-refractivity contribution is 5.55. The maximum Gasteiger partial charge on any atom is 0.0573 e. The number of hydrogen-bond acceptors (Lipinski definition) is 3. The van der Waals surface area contributed by atoms with Crippen molar-refractivity contribution < 1.29 is 0 Å². The van der Waals surface area contributed by atoms with Crippen LogP contribution in [-0.4, -0.2) is 24.6 Å². The first-order chi connectivity index (χ1) is 8.19. The molecule has 0 bridgehead atoms. The molecule has 1 heterocycles. The molecular weight excluding hydrogens is 210 g/mol. The number of aromatic nitrogens is 1. The van der Waals surface area contributed by atoms with Crippen molar-refractivity contribution in [2.75, 3.05) is 23.8 Å². The molecule has 1 aromatic heterocycles. The van der Waals surface area contributed by atoms with Gasteiger partial charge in [0.25, 0.3) is 0 Å². The summed E-state index contributed by atoms with van der Waals surface area (Å²) < 4.78 is 0. The van der Waals surface area contributed by atoms with Crippen molar-refractivity contribution >= 4 is 11.4 Å². The topological polar surface area (TPSA) is 28.2 Å². The molecule has 1 rings (SSSR count). The molecule has 3 heteroatoms. The molecule has 96 valence electrons. The number of nitrogens with zero attached hydrogens (tertiary/aromatic N) is 2. The highest BCUT2D eigenvalue weighted by Gasteiger charge is 2.09. The van der Waals surface area contributed by atoms with Crippen LogP contribution in [0, 0.1) is 0 Å². The largest absolute Gasteiger partial charge is 0.384 e. The minimum Gasteiger partial charge on any atom is -0.384 e. The zero-order valence-electron chi connectivity index (χ0n) is 11.5. The predicted octanol–water partition coefficient (Wildman–Crippen LogP) is 3.53. The van der Waals surface area contributed by atoms with Crippen LogP contribution in [-0.2, 0) is 0 Å². The Kier molecular flexibility index (Phi) is 5.81. The third-order valence-electron chi connectivity index (χ3n) is 3.08. The van der Waals surface area contributed by atoms with Gasteiger partial charge in [0, 0.05) is 19.6 Å². The first-order valence-corrected chi connectivity index (χ1v) is 6.60. The van der Waals surface area contributed by atoms with Crippen molar-refractivity contribution in [1.29, 1.82) is 0 Å². The van der Waals surface area contributed by atoms with Crippen LogP contribution in [0.15, 0.2) is 18.5 Å². The van der Waals surface area contributed by atoms with Gasteiger partial charge in [0.05, 0.1) is 23.8 Å². The summed E-state index contributed by atoms with van der Waals surface area (Å²) in [6, 6.07) is 2.73. The lowest BCUT2D eigenvalue weighted by atomic mass is 10.1. The van der Waals surface area contributed by atoms with Crippen molar-refractivity contribution in [3.8, 4) is 0 Å². The fourth-order valence-corrected chi connectivity index (χ4v) is 1.85. The average molecular weight is 235 g/mol. The van der Waals surface area contributed by atoms with Gasteiger partial charge in [0.15, 0.2) is 0 Å². The monoisotopic (exact) mass is 235 g/mol. The maximum absolute atomic E-state index is 4.30. The maximum atomic E-state index is 4.30. The molecule has 0 spiro atoms. The van der Waals surface area contributed by atoms with E-state index in [-0.39, 0.29) is 0 Å². The van der Waals surface area contributed by atoms with E-state index >= 15 is 0 Å². The number of anilines is 2. The number of pyridine rings is 1. The van der Waals surface area contributed by atoms with E-state index in [1.165, 1.54) is 18.5 Å². The van der Waals surface area contributed by atoms with Crippen molar-refractivity contribution in [3.63, 3.8) is 0 Å². The van der Waals surface area contributed by atoms with Crippen molar-refractivity contribution in [1.82, 2.24) is 4.98 Å². The van der Waals surface area contributed by atoms with E-state index in [0.29, 0.717) is 6.04 Å². The van der Waals surface area contributed by atoms with Crippen LogP contribution in [0.25, 0.3) is 0 Å². The minimum absolute atomic E-state index is 0.559. The minimum atomic E-state index is 0.559. The summed E-state index contributed by atoms with van der Waals surface area (Å²) in [5.74, 6) is 0. The first kappa shape index (κ1) is 13.8. The van der Waals surface area contributed by atoms with Gasteiger partial charge in [-0.1, -0.05) is 20.3 Å². The van der Waals surface area contributed by atoms with Gasteiger partial charge in [0.1, 0.15) is 0 Å². The van der Waals surface area contributed by atoms with Crippen molar-refractivity contribution in [2.45, 2.75) is 46.1 Å². The van der Waals surface area contributed by atoms with Crippen LogP contribution in [0.2, 0.25) is 0 Å². The van der Waals surface area contributed by atoms with Gasteiger partial charge < -0.3 is 10.2 Å². The second-order valence-corrected chi connectivity index (χ2v) is 4.61. The second-order valence-electron chi connectivity index (χ2n) is 4.61. The number of nitrogens with one attached hydrogen (secondary N) is 1. The molecule has 1 unspecified atom stereocenters. The number of hydrogen-bond donors (Lipinski definition) is 1. The van der Waals surface area contributed by atoms with Crippen LogP contribution < -0.4 is 10.2 Å². The van der Waals surface area contributed by atoms with Gasteiger partial charge in [0.2, 0.25) is 0 Å². The van der Waals surface area contributed by atoms with Crippen LogP contribution in [0.3, 0.4) is 0 Å². The second kappa shape index (κ2) is 7.15. The average Bonchev–Trinajstić information content (AvgIpc) is 2.36. The summed E-state index contributed by atoms with van der Waals surface area (Å²) in [5, 5.41) is 3.37. The lowest BCUT2D eigenvalue weighted by Crippen LogP contribution is -2.28. The molecule has 1 atom stereocenters. The Hall–Kier alpha value is -1.25. The Balaban J connectivity index is 2.69. The molecule has 0 aromatic carbocycles. The first-order valence-electron chi connectivity index (χ1n) is 6.60. The molecule has 0 aliphatic carbocycles. The van der Waals surface area contributed by atoms with E-state index in [0.717, 1.165) is 18.7 Å². The third-order valence-corrected chi connectivity index (χ3v) is 3.08. The van der Waals surface area contributed by atoms with E-state index < -0.39 is 0 Å². The summed E-state index contributed by atoms with van der Waals surface area (Å²) >= 11 is 0. The van der Waals surface area contributed by atoms with Crippen LogP contribution >= 0.6 is 0 Å². The lowest BCUT2D eigenvalue weighted by molar-refractivity contribution is 0.615. The highest BCUT2D eigenvalue weighted by atomic mass is 15.1. The van der Waals surface area contributed by atoms with E-state index in [9.17, 15) is 0 Å². The molecule has 3 nitrogen and oxygen atoms in total. The molecule has 0 amide bonds. The quantitative estimate of drug-likeness (QED) is 0.783. The van der Waals surface area contributed by atoms with E-state index in [1.807, 2.05) is 12.4 Å². The number of rotatable bonds is 7. The molecule has 0 saturated carbocycles. The molecule has 17 heavy (non-hydrogen) atoms. The van der Waals surface area contributed by atoms with E-state index in [1.54, 1.807) is 0 Å². The molecule has 0 saturated heterocycles. The normalized spacial score (nSPS) is 12.2. The smallest absolute Gasteiger partial charge is 0.0573 e. The Morgan fingerprint density at radius 1 is 1.29 bits per heavy atom. The van der Waals surface area contributed by atoms with Crippen LogP contribution in [0.1, 0.15) is 40.0 Å². The van der Waals surface area contributed by atoms with Crippen LogP contribution in [0.4, 0.5) is 11.4 Å². The summed E-state index contributed by atoms with van der Waals surface area (Å²) in [5.41, 5.74) is 2.30. The summed E-state index contributed by atoms with van der Waals surface area (Å²) in [7, 11) is 2.14. The molecule has 1 N–H and O–H groups in total. The lowest BCUT2D eigenvalue weighted by Gasteiger charge is -2.26. The third kappa shape index (κ3) is 4.25. The van der Waals surface area contributed by atoms with Gasteiger partial charge in [-0.05, 0) is 25.8 Å². The molecule has 1 aromatic rings.